The second kappa shape index (κ2) is 52.3. The Hall–Kier alpha value is -6.83. The Morgan fingerprint density at radius 2 is 0.802 bits per heavy atom. The summed E-state index contributed by atoms with van der Waals surface area (Å²) in [5.41, 5.74) is 22.3. The fraction of sp³-hybridized carbons (Fsp3) is 0.786. The zero-order chi connectivity index (χ0) is 72.7. The lowest BCUT2D eigenvalue weighted by molar-refractivity contribution is -0.139. The lowest BCUT2D eigenvalue weighted by Crippen LogP contribution is -2.50. The molecule has 0 aliphatic heterocycles. The summed E-state index contributed by atoms with van der Waals surface area (Å²) < 4.78 is 0. The molecule has 15 N–H and O–H groups in total. The van der Waals surface area contributed by atoms with Gasteiger partial charge >= 0.3 is 11.9 Å². The maximum atomic E-state index is 14.3. The minimum absolute atomic E-state index is 0.170. The molecule has 7 amide bonds. The molecule has 96 heavy (non-hydrogen) atoms. The molecule has 1 unspecified atom stereocenters. The van der Waals surface area contributed by atoms with Gasteiger partial charge in [-0.15, -0.1) is 0 Å². The van der Waals surface area contributed by atoms with Gasteiger partial charge in [-0.2, -0.15) is 0 Å². The van der Waals surface area contributed by atoms with Gasteiger partial charge in [0.25, 0.3) is 0 Å². The predicted molar refractivity (Wildman–Crippen MR) is 364 cm³/mol. The molecule has 26 nitrogen and oxygen atoms in total. The number of primary amides is 2. The van der Waals surface area contributed by atoms with Crippen molar-refractivity contribution in [3.63, 3.8) is 0 Å². The Bertz CT molecular complexity index is 2470. The van der Waals surface area contributed by atoms with Crippen LogP contribution >= 0.6 is 0 Å². The van der Waals surface area contributed by atoms with Crippen molar-refractivity contribution >= 4 is 88.0 Å². The number of Topliss-reactive ketones (excluding diaryl/α,β-unsaturated/α-hetero) is 6. The second-order valence-corrected chi connectivity index (χ2v) is 26.5. The number of carbonyl (C=O) groups excluding carboxylic acids is 13. The number of rotatable bonds is 62. The number of amides is 7. The van der Waals surface area contributed by atoms with Crippen molar-refractivity contribution in [2.24, 2.45) is 64.4 Å². The minimum Gasteiger partial charge on any atom is -0.481 e. The van der Waals surface area contributed by atoms with Gasteiger partial charge in [0, 0.05) is 94.3 Å². The van der Waals surface area contributed by atoms with E-state index in [2.05, 4.69) is 33.5 Å². The van der Waals surface area contributed by atoms with E-state index in [1.54, 1.807) is 34.6 Å². The van der Waals surface area contributed by atoms with Crippen LogP contribution in [0.4, 0.5) is 0 Å². The van der Waals surface area contributed by atoms with E-state index in [0.29, 0.717) is 58.0 Å². The number of carboxylic acids is 2. The van der Waals surface area contributed by atoms with Gasteiger partial charge in [0.1, 0.15) is 5.78 Å². The number of nitrogens with two attached hydrogens (primary N) is 4. The average molecular weight is 1360 g/mol. The van der Waals surface area contributed by atoms with Crippen molar-refractivity contribution in [3.8, 4) is 0 Å². The van der Waals surface area contributed by atoms with Gasteiger partial charge in [-0.25, -0.2) is 0 Å². The molecule has 0 heterocycles. The van der Waals surface area contributed by atoms with Crippen molar-refractivity contribution in [2.45, 2.75) is 291 Å². The smallest absolute Gasteiger partial charge is 0.303 e. The third kappa shape index (κ3) is 40.7. The van der Waals surface area contributed by atoms with Crippen LogP contribution in [0.2, 0.25) is 0 Å². The predicted octanol–water partition coefficient (Wildman–Crippen LogP) is 6.23. The number of hydrogen-bond acceptors (Lipinski definition) is 17. The number of ketones is 6. The van der Waals surface area contributed by atoms with Crippen molar-refractivity contribution in [1.29, 1.82) is 0 Å². The van der Waals surface area contributed by atoms with Gasteiger partial charge < -0.3 is 59.7 Å². The summed E-state index contributed by atoms with van der Waals surface area (Å²) in [6.07, 6.45) is 12.7. The van der Waals surface area contributed by atoms with E-state index in [1.807, 2.05) is 0 Å². The maximum absolute atomic E-state index is 14.3. The molecule has 0 saturated carbocycles. The molecule has 0 saturated heterocycles. The summed E-state index contributed by atoms with van der Waals surface area (Å²) in [7, 11) is 0. The molecule has 0 radical (unpaired) electrons. The second-order valence-electron chi connectivity index (χ2n) is 26.5. The molecule has 0 fully saturated rings. The quantitative estimate of drug-likeness (QED) is 0.0301. The molecule has 10 atom stereocenters. The molecule has 26 heteroatoms. The number of hydrogen-bond donors (Lipinski definition) is 11. The van der Waals surface area contributed by atoms with Gasteiger partial charge in [0.2, 0.25) is 41.4 Å². The summed E-state index contributed by atoms with van der Waals surface area (Å²) in [6.45, 7) is 11.9. The third-order valence-corrected chi connectivity index (χ3v) is 17.8. The summed E-state index contributed by atoms with van der Waals surface area (Å²) in [5.74, 6) is -18.6. The highest BCUT2D eigenvalue weighted by atomic mass is 16.4. The lowest BCUT2D eigenvalue weighted by Gasteiger charge is -2.28. The van der Waals surface area contributed by atoms with E-state index in [4.69, 9.17) is 22.9 Å². The first-order valence-corrected chi connectivity index (χ1v) is 35.5. The van der Waals surface area contributed by atoms with E-state index in [1.165, 1.54) is 58.3 Å². The molecule has 0 aromatic heterocycles. The van der Waals surface area contributed by atoms with Crippen LogP contribution in [0.3, 0.4) is 0 Å². The normalized spacial score (nSPS) is 14.4. The first-order chi connectivity index (χ1) is 45.5. The Kier molecular flexibility index (Phi) is 48.6. The van der Waals surface area contributed by atoms with Crippen LogP contribution in [-0.2, 0) is 71.9 Å². The summed E-state index contributed by atoms with van der Waals surface area (Å²) in [4.78, 5) is 199. The number of aliphatic carboxylic acids is 2. The topological polar surface area (TPSA) is 461 Å². The summed E-state index contributed by atoms with van der Waals surface area (Å²) in [6, 6.07) is -4.71. The molecule has 0 aliphatic carbocycles. The molecular formula is C70H121N9O17. The van der Waals surface area contributed by atoms with Gasteiger partial charge in [-0.3, -0.25) is 71.9 Å². The zero-order valence-electron chi connectivity index (χ0n) is 58.8. The molecule has 0 aromatic rings. The number of carboxylic acid groups (broad SMARTS) is 2. The standard InChI is InChI=1S/C70H121N9O17/c1-8-11-12-13-14-15-16-17-18-19-20-21-22-28-53(80)39-52(43-61(74)87)66(92)75-44-54(81)38-49(31-34-62(88)89)69(95)78-64(45(4)5)58(84)42-50(30-33-60(73)86)67(93)76-47(7)57(83)40-51(32-35-63(90)91)70(96)79-65(46(6)9-2)59(85)41-48(27-23-25-36-71)68(94)77-55(56(82)10-3)29-24-26-37-72/h45-52,55,64-65H,8-44,71-72H2,1-7H3,(H2,73,86)(H2,74,87)(H,75,92)(H,76,93)(H,77,94)(H,78,95)(H,79,96)(H,88,89)(H,90,91)/t46-,47-,48-,49-,50-,51-,52?,55-,64-,65-/m0/s1. The number of carbonyl (C=O) groups is 15. The summed E-state index contributed by atoms with van der Waals surface area (Å²) >= 11 is 0. The molecule has 0 aromatic carbocycles. The first kappa shape index (κ1) is 89.2. The van der Waals surface area contributed by atoms with Crippen LogP contribution in [0.15, 0.2) is 0 Å². The molecule has 0 aliphatic rings. The van der Waals surface area contributed by atoms with Crippen LogP contribution in [0.25, 0.3) is 0 Å². The van der Waals surface area contributed by atoms with Crippen molar-refractivity contribution < 1.29 is 82.1 Å². The fourth-order valence-corrected chi connectivity index (χ4v) is 11.5. The molecule has 0 rings (SSSR count). The Labute approximate surface area is 569 Å². The first-order valence-electron chi connectivity index (χ1n) is 35.5. The van der Waals surface area contributed by atoms with Crippen LogP contribution < -0.4 is 49.5 Å². The monoisotopic (exact) mass is 1360 g/mol. The Balaban J connectivity index is 6.28. The largest absolute Gasteiger partial charge is 0.481 e. The molecule has 0 spiro atoms. The molecule has 548 valence electrons. The fourth-order valence-electron chi connectivity index (χ4n) is 11.5. The van der Waals surface area contributed by atoms with Gasteiger partial charge in [-0.05, 0) is 89.6 Å². The average Bonchev–Trinajstić information content (AvgIpc) is 2.42. The van der Waals surface area contributed by atoms with Crippen LogP contribution in [0, 0.1) is 41.4 Å². The third-order valence-electron chi connectivity index (χ3n) is 17.8. The van der Waals surface area contributed by atoms with Crippen LogP contribution in [-0.4, -0.2) is 142 Å². The van der Waals surface area contributed by atoms with Crippen LogP contribution in [0.1, 0.15) is 267 Å². The van der Waals surface area contributed by atoms with E-state index in [9.17, 15) is 82.1 Å². The minimum atomic E-state index is -1.38. The van der Waals surface area contributed by atoms with Gasteiger partial charge in [0.15, 0.2) is 28.9 Å². The highest BCUT2D eigenvalue weighted by molar-refractivity contribution is 5.99. The van der Waals surface area contributed by atoms with E-state index < -0.39 is 194 Å². The molecule has 0 bridgehead atoms. The van der Waals surface area contributed by atoms with E-state index in [-0.39, 0.29) is 62.9 Å². The number of nitrogens with one attached hydrogen (secondary N) is 5. The van der Waals surface area contributed by atoms with Crippen molar-refractivity contribution in [2.75, 3.05) is 19.6 Å². The zero-order valence-corrected chi connectivity index (χ0v) is 58.8. The number of unbranched alkanes of at least 4 members (excludes halogenated alkanes) is 14. The van der Waals surface area contributed by atoms with Crippen molar-refractivity contribution in [1.82, 2.24) is 26.6 Å². The lowest BCUT2D eigenvalue weighted by atomic mass is 9.86. The van der Waals surface area contributed by atoms with Crippen molar-refractivity contribution in [3.05, 3.63) is 0 Å². The SMILES string of the molecule is CCCCCCCCCCCCCCCC(=O)CC(CC(N)=O)C(=O)NCC(=O)C[C@H](CCC(=O)O)C(=O)N[C@H](C(=O)C[C@H](CCC(N)=O)C(=O)N[C@@H](C)C(=O)C[C@H](CCC(=O)O)C(=O)N[C@H](C(=O)C[C@H](CCCCN)C(=O)N[C@@H](CCCCN)C(=O)CC)[C@@H](C)CC)C(C)C. The highest BCUT2D eigenvalue weighted by Gasteiger charge is 2.37. The van der Waals surface area contributed by atoms with E-state index >= 15 is 0 Å². The Morgan fingerprint density at radius 3 is 1.27 bits per heavy atom. The summed E-state index contributed by atoms with van der Waals surface area (Å²) in [5, 5.41) is 32.3. The molecular weight excluding hydrogens is 1240 g/mol. The Morgan fingerprint density at radius 1 is 0.375 bits per heavy atom. The van der Waals surface area contributed by atoms with Gasteiger partial charge in [0.05, 0.1) is 36.6 Å². The van der Waals surface area contributed by atoms with Gasteiger partial charge in [-0.1, -0.05) is 131 Å². The maximum Gasteiger partial charge on any atom is 0.303 e. The highest BCUT2D eigenvalue weighted by Crippen LogP contribution is 2.24. The van der Waals surface area contributed by atoms with Crippen LogP contribution in [0.5, 0.6) is 0 Å². The van der Waals surface area contributed by atoms with E-state index in [0.717, 1.165) is 25.7 Å².